The standard InChI is InChI=1S/C21H21ClN4O/c22-19-6-8-20(9-7-19)24-12-14-25(15-13-24)21(27)18-4-2-17(3-5-18)16-26-11-1-10-23-26/h1-11H,12-16H2. The van der Waals surface area contributed by atoms with E-state index in [0.29, 0.717) is 6.54 Å². The Labute approximate surface area is 163 Å². The molecular weight excluding hydrogens is 360 g/mol. The van der Waals surface area contributed by atoms with Crippen LogP contribution in [0.5, 0.6) is 0 Å². The van der Waals surface area contributed by atoms with Gasteiger partial charge in [-0.25, -0.2) is 0 Å². The Morgan fingerprint density at radius 2 is 1.67 bits per heavy atom. The molecule has 0 bridgehead atoms. The molecule has 4 rings (SSSR count). The van der Waals surface area contributed by atoms with Gasteiger partial charge >= 0.3 is 0 Å². The molecule has 0 radical (unpaired) electrons. The lowest BCUT2D eigenvalue weighted by Crippen LogP contribution is -2.48. The number of amides is 1. The maximum Gasteiger partial charge on any atom is 0.253 e. The maximum absolute atomic E-state index is 12.8. The topological polar surface area (TPSA) is 41.4 Å². The van der Waals surface area contributed by atoms with Crippen molar-refractivity contribution < 1.29 is 4.79 Å². The van der Waals surface area contributed by atoms with Crippen molar-refractivity contribution in [1.29, 1.82) is 0 Å². The molecule has 138 valence electrons. The third-order valence-corrected chi connectivity index (χ3v) is 5.12. The Bertz CT molecular complexity index is 883. The van der Waals surface area contributed by atoms with Crippen molar-refractivity contribution >= 4 is 23.2 Å². The summed E-state index contributed by atoms with van der Waals surface area (Å²) in [5, 5.41) is 4.95. The number of hydrogen-bond donors (Lipinski definition) is 0. The first-order valence-electron chi connectivity index (χ1n) is 9.05. The molecule has 1 amide bonds. The van der Waals surface area contributed by atoms with Gasteiger partial charge in [-0.1, -0.05) is 23.7 Å². The molecule has 0 N–H and O–H groups in total. The van der Waals surface area contributed by atoms with E-state index in [0.717, 1.165) is 48.0 Å². The Morgan fingerprint density at radius 3 is 2.30 bits per heavy atom. The van der Waals surface area contributed by atoms with Crippen LogP contribution in [0.1, 0.15) is 15.9 Å². The van der Waals surface area contributed by atoms with Gasteiger partial charge in [-0.05, 0) is 48.0 Å². The maximum atomic E-state index is 12.8. The molecule has 0 atom stereocenters. The molecular formula is C21H21ClN4O. The number of rotatable bonds is 4. The van der Waals surface area contributed by atoms with Crippen LogP contribution in [-0.4, -0.2) is 46.8 Å². The summed E-state index contributed by atoms with van der Waals surface area (Å²) in [6.45, 7) is 3.80. The van der Waals surface area contributed by atoms with E-state index in [-0.39, 0.29) is 5.91 Å². The van der Waals surface area contributed by atoms with E-state index >= 15 is 0 Å². The zero-order valence-corrected chi connectivity index (χ0v) is 15.7. The molecule has 0 spiro atoms. The van der Waals surface area contributed by atoms with Gasteiger partial charge in [0.25, 0.3) is 5.91 Å². The van der Waals surface area contributed by atoms with Crippen molar-refractivity contribution in [2.75, 3.05) is 31.1 Å². The van der Waals surface area contributed by atoms with Crippen LogP contribution < -0.4 is 4.90 Å². The van der Waals surface area contributed by atoms with Crippen LogP contribution in [-0.2, 0) is 6.54 Å². The molecule has 2 aromatic carbocycles. The molecule has 0 unspecified atom stereocenters. The Hall–Kier alpha value is -2.79. The predicted molar refractivity (Wildman–Crippen MR) is 107 cm³/mol. The van der Waals surface area contributed by atoms with Crippen molar-refractivity contribution in [3.63, 3.8) is 0 Å². The monoisotopic (exact) mass is 380 g/mol. The number of hydrogen-bond acceptors (Lipinski definition) is 3. The third-order valence-electron chi connectivity index (χ3n) is 4.86. The second-order valence-electron chi connectivity index (χ2n) is 6.66. The van der Waals surface area contributed by atoms with Gasteiger partial charge in [-0.3, -0.25) is 9.48 Å². The first-order valence-corrected chi connectivity index (χ1v) is 9.43. The highest BCUT2D eigenvalue weighted by molar-refractivity contribution is 6.30. The van der Waals surface area contributed by atoms with Gasteiger partial charge in [0.2, 0.25) is 0 Å². The molecule has 5 nitrogen and oxygen atoms in total. The largest absolute Gasteiger partial charge is 0.368 e. The molecule has 1 aliphatic heterocycles. The summed E-state index contributed by atoms with van der Waals surface area (Å²) in [4.78, 5) is 17.0. The molecule has 0 aliphatic carbocycles. The number of aromatic nitrogens is 2. The zero-order valence-electron chi connectivity index (χ0n) is 15.0. The quantitative estimate of drug-likeness (QED) is 0.695. The van der Waals surface area contributed by atoms with E-state index in [9.17, 15) is 4.79 Å². The van der Waals surface area contributed by atoms with Crippen LogP contribution in [0.3, 0.4) is 0 Å². The molecule has 3 aromatic rings. The fourth-order valence-corrected chi connectivity index (χ4v) is 3.46. The number of carbonyl (C=O) groups excluding carboxylic acids is 1. The van der Waals surface area contributed by atoms with Gasteiger partial charge in [0.15, 0.2) is 0 Å². The minimum absolute atomic E-state index is 0.0939. The number of halogens is 1. The van der Waals surface area contributed by atoms with Crippen molar-refractivity contribution in [2.24, 2.45) is 0 Å². The molecule has 1 fully saturated rings. The number of nitrogens with zero attached hydrogens (tertiary/aromatic N) is 4. The van der Waals surface area contributed by atoms with E-state index in [4.69, 9.17) is 11.6 Å². The van der Waals surface area contributed by atoms with Crippen LogP contribution >= 0.6 is 11.6 Å². The normalized spacial score (nSPS) is 14.4. The van der Waals surface area contributed by atoms with Gasteiger partial charge in [0.1, 0.15) is 0 Å². The molecule has 1 aromatic heterocycles. The number of anilines is 1. The van der Waals surface area contributed by atoms with Gasteiger partial charge < -0.3 is 9.80 Å². The van der Waals surface area contributed by atoms with E-state index in [1.54, 1.807) is 6.20 Å². The first-order chi connectivity index (χ1) is 13.2. The lowest BCUT2D eigenvalue weighted by Gasteiger charge is -2.36. The lowest BCUT2D eigenvalue weighted by atomic mass is 10.1. The summed E-state index contributed by atoms with van der Waals surface area (Å²) < 4.78 is 1.87. The highest BCUT2D eigenvalue weighted by atomic mass is 35.5. The van der Waals surface area contributed by atoms with E-state index < -0.39 is 0 Å². The number of piperazine rings is 1. The van der Waals surface area contributed by atoms with Gasteiger partial charge in [-0.15, -0.1) is 0 Å². The summed E-state index contributed by atoms with van der Waals surface area (Å²) in [5.41, 5.74) is 3.01. The summed E-state index contributed by atoms with van der Waals surface area (Å²) in [6.07, 6.45) is 3.70. The van der Waals surface area contributed by atoms with Crippen LogP contribution in [0.25, 0.3) is 0 Å². The summed E-state index contributed by atoms with van der Waals surface area (Å²) in [6, 6.07) is 17.6. The second-order valence-corrected chi connectivity index (χ2v) is 7.09. The fraction of sp³-hybridized carbons (Fsp3) is 0.238. The van der Waals surface area contributed by atoms with Crippen LogP contribution in [0.15, 0.2) is 67.0 Å². The highest BCUT2D eigenvalue weighted by Crippen LogP contribution is 2.20. The Morgan fingerprint density at radius 1 is 0.963 bits per heavy atom. The zero-order chi connectivity index (χ0) is 18.6. The Kier molecular flexibility index (Phi) is 5.12. The summed E-state index contributed by atoms with van der Waals surface area (Å²) in [5.74, 6) is 0.0939. The van der Waals surface area contributed by atoms with Crippen molar-refractivity contribution in [2.45, 2.75) is 6.54 Å². The predicted octanol–water partition coefficient (Wildman–Crippen LogP) is 3.55. The van der Waals surface area contributed by atoms with Crippen molar-refractivity contribution in [3.8, 4) is 0 Å². The molecule has 1 saturated heterocycles. The van der Waals surface area contributed by atoms with Crippen LogP contribution in [0.4, 0.5) is 5.69 Å². The van der Waals surface area contributed by atoms with Gasteiger partial charge in [-0.2, -0.15) is 5.10 Å². The lowest BCUT2D eigenvalue weighted by molar-refractivity contribution is 0.0747. The molecule has 27 heavy (non-hydrogen) atoms. The van der Waals surface area contributed by atoms with Gasteiger partial charge in [0, 0.05) is 54.8 Å². The Balaban J connectivity index is 1.35. The average molecular weight is 381 g/mol. The van der Waals surface area contributed by atoms with Gasteiger partial charge in [0.05, 0.1) is 6.54 Å². The molecule has 0 saturated carbocycles. The van der Waals surface area contributed by atoms with Crippen molar-refractivity contribution in [1.82, 2.24) is 14.7 Å². The van der Waals surface area contributed by atoms with E-state index in [1.165, 1.54) is 0 Å². The molecule has 2 heterocycles. The molecule has 6 heteroatoms. The summed E-state index contributed by atoms with van der Waals surface area (Å²) >= 11 is 5.96. The minimum atomic E-state index is 0.0939. The fourth-order valence-electron chi connectivity index (χ4n) is 3.34. The first kappa shape index (κ1) is 17.6. The highest BCUT2D eigenvalue weighted by Gasteiger charge is 2.22. The van der Waals surface area contributed by atoms with Crippen LogP contribution in [0.2, 0.25) is 5.02 Å². The van der Waals surface area contributed by atoms with E-state index in [2.05, 4.69) is 10.00 Å². The van der Waals surface area contributed by atoms with Crippen LogP contribution in [0, 0.1) is 0 Å². The third kappa shape index (κ3) is 4.14. The smallest absolute Gasteiger partial charge is 0.253 e. The minimum Gasteiger partial charge on any atom is -0.368 e. The number of carbonyl (C=O) groups is 1. The molecule has 1 aliphatic rings. The van der Waals surface area contributed by atoms with Crippen molar-refractivity contribution in [3.05, 3.63) is 83.1 Å². The second kappa shape index (κ2) is 7.84. The average Bonchev–Trinajstić information content (AvgIpc) is 3.22. The van der Waals surface area contributed by atoms with E-state index in [1.807, 2.05) is 70.4 Å². The number of benzene rings is 2. The summed E-state index contributed by atoms with van der Waals surface area (Å²) in [7, 11) is 0. The SMILES string of the molecule is O=C(c1ccc(Cn2cccn2)cc1)N1CCN(c2ccc(Cl)cc2)CC1.